The highest BCUT2D eigenvalue weighted by molar-refractivity contribution is 5.96. The molecule has 20 heavy (non-hydrogen) atoms. The topological polar surface area (TPSA) is 55.4 Å². The molecule has 1 N–H and O–H groups in total. The van der Waals surface area contributed by atoms with Crippen LogP contribution in [0.3, 0.4) is 0 Å². The van der Waals surface area contributed by atoms with E-state index in [0.717, 1.165) is 5.56 Å². The molecule has 1 atom stereocenters. The van der Waals surface area contributed by atoms with Crippen LogP contribution < -0.4 is 10.1 Å². The zero-order valence-corrected chi connectivity index (χ0v) is 11.4. The second-order valence-corrected chi connectivity index (χ2v) is 5.63. The Labute approximate surface area is 118 Å². The number of ether oxygens (including phenoxy) is 1. The van der Waals surface area contributed by atoms with Crippen molar-refractivity contribution < 1.29 is 14.3 Å². The molecule has 2 aliphatic rings. The highest BCUT2D eigenvalue weighted by Gasteiger charge is 2.26. The smallest absolute Gasteiger partial charge is 0.261 e. The molecule has 1 saturated carbocycles. The van der Waals surface area contributed by atoms with Crippen molar-refractivity contribution in [2.75, 3.05) is 6.54 Å². The quantitative estimate of drug-likeness (QED) is 0.838. The summed E-state index contributed by atoms with van der Waals surface area (Å²) in [4.78, 5) is 23.5. The van der Waals surface area contributed by atoms with E-state index in [1.54, 1.807) is 24.3 Å². The Bertz CT molecular complexity index is 505. The molecular formula is C16H19NO3. The van der Waals surface area contributed by atoms with Gasteiger partial charge in [0.05, 0.1) is 0 Å². The third kappa shape index (κ3) is 2.84. The molecular weight excluding hydrogens is 254 g/mol. The van der Waals surface area contributed by atoms with Gasteiger partial charge in [-0.1, -0.05) is 19.3 Å². The van der Waals surface area contributed by atoms with Crippen LogP contribution >= 0.6 is 0 Å². The maximum Gasteiger partial charge on any atom is 0.261 e. The van der Waals surface area contributed by atoms with Crippen LogP contribution in [0.25, 0.3) is 0 Å². The van der Waals surface area contributed by atoms with E-state index in [1.165, 1.54) is 19.3 Å². The molecule has 0 aromatic heterocycles. The Morgan fingerprint density at radius 3 is 2.50 bits per heavy atom. The minimum atomic E-state index is -0.397. The fourth-order valence-electron chi connectivity index (χ4n) is 2.64. The Morgan fingerprint density at radius 1 is 1.20 bits per heavy atom. The van der Waals surface area contributed by atoms with E-state index in [0.29, 0.717) is 31.1 Å². The summed E-state index contributed by atoms with van der Waals surface area (Å²) >= 11 is 0. The third-order valence-corrected chi connectivity index (χ3v) is 4.15. The number of ketones is 1. The SMILES string of the molecule is O=C(CC1CCC1)c1ccc(O[C@@H]2CCNC2=O)cc1. The van der Waals surface area contributed by atoms with Gasteiger partial charge in [-0.15, -0.1) is 0 Å². The summed E-state index contributed by atoms with van der Waals surface area (Å²) in [5.74, 6) is 1.38. The van der Waals surface area contributed by atoms with Gasteiger partial charge in [0.1, 0.15) is 5.75 Å². The Balaban J connectivity index is 1.58. The van der Waals surface area contributed by atoms with Gasteiger partial charge in [0.2, 0.25) is 0 Å². The van der Waals surface area contributed by atoms with Gasteiger partial charge >= 0.3 is 0 Å². The standard InChI is InChI=1S/C16H19NO3/c18-14(10-11-2-1-3-11)12-4-6-13(7-5-12)20-15-8-9-17-16(15)19/h4-7,11,15H,1-3,8-10H2,(H,17,19)/t15-/m1/s1. The first-order chi connectivity index (χ1) is 9.72. The zero-order chi connectivity index (χ0) is 13.9. The van der Waals surface area contributed by atoms with Crippen LogP contribution in [0.5, 0.6) is 5.75 Å². The minimum Gasteiger partial charge on any atom is -0.481 e. The van der Waals surface area contributed by atoms with Crippen molar-refractivity contribution in [3.8, 4) is 5.75 Å². The van der Waals surface area contributed by atoms with Gasteiger partial charge in [0.15, 0.2) is 11.9 Å². The van der Waals surface area contributed by atoms with E-state index in [4.69, 9.17) is 4.74 Å². The van der Waals surface area contributed by atoms with Gasteiger partial charge in [-0.3, -0.25) is 9.59 Å². The molecule has 0 radical (unpaired) electrons. The lowest BCUT2D eigenvalue weighted by molar-refractivity contribution is -0.124. The summed E-state index contributed by atoms with van der Waals surface area (Å²) in [6, 6.07) is 7.14. The summed E-state index contributed by atoms with van der Waals surface area (Å²) in [5.41, 5.74) is 0.736. The second-order valence-electron chi connectivity index (χ2n) is 5.63. The summed E-state index contributed by atoms with van der Waals surface area (Å²) in [7, 11) is 0. The Hall–Kier alpha value is -1.84. The number of Topliss-reactive ketones (excluding diaryl/α,β-unsaturated/α-hetero) is 1. The van der Waals surface area contributed by atoms with E-state index in [1.807, 2.05) is 0 Å². The highest BCUT2D eigenvalue weighted by Crippen LogP contribution is 2.30. The molecule has 2 fully saturated rings. The molecule has 1 aromatic rings. The molecule has 1 saturated heterocycles. The third-order valence-electron chi connectivity index (χ3n) is 4.15. The second kappa shape index (κ2) is 5.65. The number of nitrogens with one attached hydrogen (secondary N) is 1. The monoisotopic (exact) mass is 273 g/mol. The van der Waals surface area contributed by atoms with E-state index >= 15 is 0 Å². The van der Waals surface area contributed by atoms with Gasteiger partial charge in [0, 0.05) is 24.9 Å². The number of hydrogen-bond donors (Lipinski definition) is 1. The number of amides is 1. The van der Waals surface area contributed by atoms with Crippen LogP contribution in [0, 0.1) is 5.92 Å². The van der Waals surface area contributed by atoms with E-state index in [9.17, 15) is 9.59 Å². The van der Waals surface area contributed by atoms with E-state index < -0.39 is 6.10 Å². The molecule has 1 aliphatic carbocycles. The molecule has 0 unspecified atom stereocenters. The summed E-state index contributed by atoms with van der Waals surface area (Å²) in [6.45, 7) is 0.668. The molecule has 106 valence electrons. The lowest BCUT2D eigenvalue weighted by atomic mass is 9.81. The zero-order valence-electron chi connectivity index (χ0n) is 11.4. The van der Waals surface area contributed by atoms with Gasteiger partial charge in [-0.25, -0.2) is 0 Å². The lowest BCUT2D eigenvalue weighted by Crippen LogP contribution is -2.27. The van der Waals surface area contributed by atoms with Crippen LogP contribution in [0.1, 0.15) is 42.5 Å². The molecule has 1 aromatic carbocycles. The summed E-state index contributed by atoms with van der Waals surface area (Å²) in [5, 5.41) is 2.74. The predicted molar refractivity (Wildman–Crippen MR) is 74.8 cm³/mol. The maximum atomic E-state index is 12.1. The van der Waals surface area contributed by atoms with Crippen LogP contribution in [-0.4, -0.2) is 24.3 Å². The van der Waals surface area contributed by atoms with Crippen molar-refractivity contribution in [3.63, 3.8) is 0 Å². The maximum absolute atomic E-state index is 12.1. The largest absolute Gasteiger partial charge is 0.481 e. The number of carbonyl (C=O) groups excluding carboxylic acids is 2. The molecule has 1 amide bonds. The molecule has 0 bridgehead atoms. The first-order valence-electron chi connectivity index (χ1n) is 7.30. The fraction of sp³-hybridized carbons (Fsp3) is 0.500. The van der Waals surface area contributed by atoms with Crippen molar-refractivity contribution in [2.45, 2.75) is 38.2 Å². The fourth-order valence-corrected chi connectivity index (χ4v) is 2.64. The van der Waals surface area contributed by atoms with E-state index in [2.05, 4.69) is 5.32 Å². The molecule has 0 spiro atoms. The minimum absolute atomic E-state index is 0.0601. The van der Waals surface area contributed by atoms with Crippen molar-refractivity contribution in [1.82, 2.24) is 5.32 Å². The van der Waals surface area contributed by atoms with Gasteiger partial charge < -0.3 is 10.1 Å². The number of rotatable bonds is 5. The predicted octanol–water partition coefficient (Wildman–Crippen LogP) is 2.33. The van der Waals surface area contributed by atoms with Crippen molar-refractivity contribution in [2.24, 2.45) is 5.92 Å². The van der Waals surface area contributed by atoms with Crippen LogP contribution in [0.4, 0.5) is 0 Å². The first-order valence-corrected chi connectivity index (χ1v) is 7.30. The van der Waals surface area contributed by atoms with Gasteiger partial charge in [-0.2, -0.15) is 0 Å². The van der Waals surface area contributed by atoms with Crippen LogP contribution in [0.15, 0.2) is 24.3 Å². The molecule has 3 rings (SSSR count). The molecule has 4 nitrogen and oxygen atoms in total. The number of carbonyl (C=O) groups is 2. The Kier molecular flexibility index (Phi) is 3.72. The highest BCUT2D eigenvalue weighted by atomic mass is 16.5. The molecule has 1 heterocycles. The number of benzene rings is 1. The number of hydrogen-bond acceptors (Lipinski definition) is 3. The van der Waals surface area contributed by atoms with Crippen LogP contribution in [0.2, 0.25) is 0 Å². The van der Waals surface area contributed by atoms with Crippen molar-refractivity contribution >= 4 is 11.7 Å². The average molecular weight is 273 g/mol. The Morgan fingerprint density at radius 2 is 1.95 bits per heavy atom. The van der Waals surface area contributed by atoms with Crippen molar-refractivity contribution in [3.05, 3.63) is 29.8 Å². The van der Waals surface area contributed by atoms with E-state index in [-0.39, 0.29) is 11.7 Å². The summed E-state index contributed by atoms with van der Waals surface area (Å²) < 4.78 is 5.61. The average Bonchev–Trinajstić information content (AvgIpc) is 2.80. The van der Waals surface area contributed by atoms with Crippen molar-refractivity contribution in [1.29, 1.82) is 0 Å². The van der Waals surface area contributed by atoms with Gasteiger partial charge in [-0.05, 0) is 30.2 Å². The molecule has 1 aliphatic heterocycles. The first kappa shape index (κ1) is 13.2. The summed E-state index contributed by atoms with van der Waals surface area (Å²) in [6.07, 6.45) is 4.58. The normalized spacial score (nSPS) is 22.2. The van der Waals surface area contributed by atoms with Crippen LogP contribution in [-0.2, 0) is 4.79 Å². The lowest BCUT2D eigenvalue weighted by Gasteiger charge is -2.24. The molecule has 4 heteroatoms. The van der Waals surface area contributed by atoms with Gasteiger partial charge in [0.25, 0.3) is 5.91 Å².